The number of rotatable bonds is 5. The van der Waals surface area contributed by atoms with Gasteiger partial charge in [0.1, 0.15) is 12.3 Å². The molecule has 0 amide bonds. The van der Waals surface area contributed by atoms with Gasteiger partial charge in [-0.2, -0.15) is 0 Å². The maximum absolute atomic E-state index is 5.85. The lowest BCUT2D eigenvalue weighted by atomic mass is 10.1. The molecule has 0 N–H and O–H groups in total. The summed E-state index contributed by atoms with van der Waals surface area (Å²) < 4.78 is 5.85. The van der Waals surface area contributed by atoms with Crippen LogP contribution in [0.3, 0.4) is 0 Å². The molecule has 2 heterocycles. The zero-order valence-corrected chi connectivity index (χ0v) is 12.4. The highest BCUT2D eigenvalue weighted by molar-refractivity contribution is 5.23. The molecular weight excluding hydrogens is 238 g/mol. The summed E-state index contributed by atoms with van der Waals surface area (Å²) >= 11 is 0. The summed E-state index contributed by atoms with van der Waals surface area (Å²) in [6.07, 6.45) is 4.89. The molecule has 19 heavy (non-hydrogen) atoms. The molecule has 0 spiro atoms. The van der Waals surface area contributed by atoms with Crippen LogP contribution in [0.5, 0.6) is 5.88 Å². The van der Waals surface area contributed by atoms with Crippen LogP contribution in [-0.2, 0) is 6.42 Å². The highest BCUT2D eigenvalue weighted by Gasteiger charge is 2.12. The molecule has 1 fully saturated rings. The van der Waals surface area contributed by atoms with Crippen LogP contribution in [0.4, 0.5) is 0 Å². The molecule has 1 aliphatic rings. The second kappa shape index (κ2) is 6.85. The number of nitrogens with zero attached hydrogens (tertiary/aromatic N) is 3. The molecule has 0 radical (unpaired) electrons. The van der Waals surface area contributed by atoms with Crippen LogP contribution in [0.15, 0.2) is 0 Å². The first-order valence-electron chi connectivity index (χ1n) is 7.40. The Morgan fingerprint density at radius 1 is 1.05 bits per heavy atom. The Morgan fingerprint density at radius 3 is 2.42 bits per heavy atom. The summed E-state index contributed by atoms with van der Waals surface area (Å²) in [5.74, 6) is 0.725. The smallest absolute Gasteiger partial charge is 0.235 e. The van der Waals surface area contributed by atoms with E-state index in [-0.39, 0.29) is 0 Å². The Balaban J connectivity index is 1.89. The molecule has 4 nitrogen and oxygen atoms in total. The van der Waals surface area contributed by atoms with Crippen LogP contribution in [-0.4, -0.2) is 41.1 Å². The third-order valence-electron chi connectivity index (χ3n) is 3.77. The summed E-state index contributed by atoms with van der Waals surface area (Å²) in [5, 5.41) is 0. The van der Waals surface area contributed by atoms with Crippen molar-refractivity contribution in [1.29, 1.82) is 0 Å². The molecule has 2 rings (SSSR count). The zero-order valence-electron chi connectivity index (χ0n) is 12.4. The van der Waals surface area contributed by atoms with Gasteiger partial charge in [-0.25, -0.2) is 4.98 Å². The molecule has 1 aromatic heterocycles. The highest BCUT2D eigenvalue weighted by Crippen LogP contribution is 2.16. The van der Waals surface area contributed by atoms with Gasteiger partial charge in [-0.05, 0) is 46.2 Å². The van der Waals surface area contributed by atoms with E-state index in [2.05, 4.69) is 21.8 Å². The molecule has 1 aliphatic heterocycles. The Bertz CT molecular complexity index is 414. The summed E-state index contributed by atoms with van der Waals surface area (Å²) in [6, 6.07) is 0. The van der Waals surface area contributed by atoms with Crippen molar-refractivity contribution in [1.82, 2.24) is 14.9 Å². The van der Waals surface area contributed by atoms with E-state index < -0.39 is 0 Å². The molecule has 0 unspecified atom stereocenters. The van der Waals surface area contributed by atoms with Crippen molar-refractivity contribution in [3.05, 3.63) is 17.1 Å². The largest absolute Gasteiger partial charge is 0.475 e. The van der Waals surface area contributed by atoms with Gasteiger partial charge in [-0.15, -0.1) is 0 Å². The second-order valence-corrected chi connectivity index (χ2v) is 5.25. The van der Waals surface area contributed by atoms with Crippen molar-refractivity contribution in [2.24, 2.45) is 0 Å². The van der Waals surface area contributed by atoms with Gasteiger partial charge in [0.25, 0.3) is 0 Å². The number of hydrogen-bond donors (Lipinski definition) is 0. The predicted octanol–water partition coefficient (Wildman–Crippen LogP) is 2.52. The molecule has 106 valence electrons. The number of piperidine rings is 1. The molecule has 4 heteroatoms. The van der Waals surface area contributed by atoms with Gasteiger partial charge in [0.15, 0.2) is 0 Å². The maximum atomic E-state index is 5.85. The predicted molar refractivity (Wildman–Crippen MR) is 76.7 cm³/mol. The fraction of sp³-hybridized carbons (Fsp3) is 0.733. The first-order valence-corrected chi connectivity index (χ1v) is 7.40. The average molecular weight is 263 g/mol. The van der Waals surface area contributed by atoms with Crippen LogP contribution < -0.4 is 4.74 Å². The lowest BCUT2D eigenvalue weighted by Crippen LogP contribution is -2.33. The highest BCUT2D eigenvalue weighted by atomic mass is 16.5. The summed E-state index contributed by atoms with van der Waals surface area (Å²) in [5.41, 5.74) is 2.94. The molecule has 0 aromatic carbocycles. The van der Waals surface area contributed by atoms with E-state index >= 15 is 0 Å². The standard InChI is InChI=1S/C15H25N3O/c1-4-14-15(17-13(3)12(2)16-14)19-11-10-18-8-6-5-7-9-18/h4-11H2,1-3H3. The van der Waals surface area contributed by atoms with Gasteiger partial charge in [0, 0.05) is 6.54 Å². The van der Waals surface area contributed by atoms with Gasteiger partial charge >= 0.3 is 0 Å². The van der Waals surface area contributed by atoms with Gasteiger partial charge in [0.05, 0.1) is 11.4 Å². The van der Waals surface area contributed by atoms with Crippen molar-refractivity contribution >= 4 is 0 Å². The first kappa shape index (κ1) is 14.3. The lowest BCUT2D eigenvalue weighted by molar-refractivity contribution is 0.179. The topological polar surface area (TPSA) is 38.3 Å². The average Bonchev–Trinajstić information content (AvgIpc) is 2.43. The third-order valence-corrected chi connectivity index (χ3v) is 3.77. The van der Waals surface area contributed by atoms with E-state index in [9.17, 15) is 0 Å². The normalized spacial score (nSPS) is 16.6. The quantitative estimate of drug-likeness (QED) is 0.818. The minimum atomic E-state index is 0.712. The Labute approximate surface area is 116 Å². The molecule has 1 aromatic rings. The lowest BCUT2D eigenvalue weighted by Gasteiger charge is -2.26. The molecule has 0 bridgehead atoms. The SMILES string of the molecule is CCc1nc(C)c(C)nc1OCCN1CCCCC1. The van der Waals surface area contributed by atoms with Crippen molar-refractivity contribution in [2.75, 3.05) is 26.2 Å². The Morgan fingerprint density at radius 2 is 1.74 bits per heavy atom. The second-order valence-electron chi connectivity index (χ2n) is 5.25. The monoisotopic (exact) mass is 263 g/mol. The van der Waals surface area contributed by atoms with E-state index in [0.29, 0.717) is 6.61 Å². The Hall–Kier alpha value is -1.16. The summed E-state index contributed by atoms with van der Waals surface area (Å²) in [6.45, 7) is 10.2. The molecule has 1 saturated heterocycles. The zero-order chi connectivity index (χ0) is 13.7. The minimum Gasteiger partial charge on any atom is -0.475 e. The van der Waals surface area contributed by atoms with Crippen molar-refractivity contribution in [3.63, 3.8) is 0 Å². The van der Waals surface area contributed by atoms with Crippen LogP contribution in [0.1, 0.15) is 43.3 Å². The van der Waals surface area contributed by atoms with Gasteiger partial charge in [-0.1, -0.05) is 13.3 Å². The van der Waals surface area contributed by atoms with Crippen molar-refractivity contribution in [3.8, 4) is 5.88 Å². The first-order chi connectivity index (χ1) is 9.20. The summed E-state index contributed by atoms with van der Waals surface area (Å²) in [7, 11) is 0. The fourth-order valence-corrected chi connectivity index (χ4v) is 2.43. The van der Waals surface area contributed by atoms with E-state index in [4.69, 9.17) is 4.74 Å². The third kappa shape index (κ3) is 3.90. The van der Waals surface area contributed by atoms with E-state index in [0.717, 1.165) is 35.9 Å². The number of hydrogen-bond acceptors (Lipinski definition) is 4. The number of aryl methyl sites for hydroxylation is 3. The maximum Gasteiger partial charge on any atom is 0.235 e. The minimum absolute atomic E-state index is 0.712. The van der Waals surface area contributed by atoms with Crippen LogP contribution in [0, 0.1) is 13.8 Å². The summed E-state index contributed by atoms with van der Waals surface area (Å²) in [4.78, 5) is 11.6. The number of ether oxygens (including phenoxy) is 1. The van der Waals surface area contributed by atoms with Crippen molar-refractivity contribution in [2.45, 2.75) is 46.5 Å². The Kier molecular flexibility index (Phi) is 5.14. The number of aromatic nitrogens is 2. The molecule has 0 atom stereocenters. The van der Waals surface area contributed by atoms with Crippen LogP contribution in [0.25, 0.3) is 0 Å². The van der Waals surface area contributed by atoms with Crippen LogP contribution in [0.2, 0.25) is 0 Å². The van der Waals surface area contributed by atoms with E-state index in [1.165, 1.54) is 32.4 Å². The number of likely N-dealkylation sites (tertiary alicyclic amines) is 1. The van der Waals surface area contributed by atoms with Gasteiger partial charge in [0.2, 0.25) is 5.88 Å². The van der Waals surface area contributed by atoms with Gasteiger partial charge < -0.3 is 4.74 Å². The van der Waals surface area contributed by atoms with E-state index in [1.807, 2.05) is 13.8 Å². The van der Waals surface area contributed by atoms with E-state index in [1.54, 1.807) is 0 Å². The fourth-order valence-electron chi connectivity index (χ4n) is 2.43. The van der Waals surface area contributed by atoms with Crippen molar-refractivity contribution < 1.29 is 4.74 Å². The molecule has 0 aliphatic carbocycles. The molecule has 0 saturated carbocycles. The van der Waals surface area contributed by atoms with Crippen LogP contribution >= 0.6 is 0 Å². The van der Waals surface area contributed by atoms with Gasteiger partial charge in [-0.3, -0.25) is 9.88 Å². The molecular formula is C15H25N3O.